The Morgan fingerprint density at radius 2 is 2.13 bits per heavy atom. The predicted molar refractivity (Wildman–Crippen MR) is 118 cm³/mol. The Kier molecular flexibility index (Phi) is 7.37. The molecule has 0 saturated heterocycles. The molecule has 0 bridgehead atoms. The number of para-hydroxylation sites is 1. The number of hydrogen-bond acceptors (Lipinski definition) is 6. The van der Waals surface area contributed by atoms with Crippen molar-refractivity contribution in [2.75, 3.05) is 11.1 Å². The topological polar surface area (TPSA) is 89.3 Å². The molecule has 0 fully saturated rings. The lowest BCUT2D eigenvalue weighted by molar-refractivity contribution is -0.113. The number of thioether (sulfide) groups is 1. The molecule has 30 heavy (non-hydrogen) atoms. The van der Waals surface area contributed by atoms with Crippen LogP contribution in [0.2, 0.25) is 5.02 Å². The van der Waals surface area contributed by atoms with Crippen LogP contribution in [0.15, 0.2) is 66.3 Å². The van der Waals surface area contributed by atoms with Gasteiger partial charge < -0.3 is 15.2 Å². The van der Waals surface area contributed by atoms with Crippen LogP contribution in [0, 0.1) is 0 Å². The Bertz CT molecular complexity index is 1040. The average Bonchev–Trinajstić information content (AvgIpc) is 3.11. The van der Waals surface area contributed by atoms with Gasteiger partial charge in [0.15, 0.2) is 17.1 Å². The minimum atomic E-state index is -0.409. The number of phenols is 1. The fourth-order valence-electron chi connectivity index (χ4n) is 2.70. The number of rotatable bonds is 9. The molecular weight excluding hydrogens is 424 g/mol. The van der Waals surface area contributed by atoms with Gasteiger partial charge in [0.2, 0.25) is 5.91 Å². The first kappa shape index (κ1) is 21.7. The zero-order chi connectivity index (χ0) is 21.5. The molecule has 0 aliphatic heterocycles. The van der Waals surface area contributed by atoms with Crippen LogP contribution in [0.25, 0.3) is 0 Å². The Hall–Kier alpha value is -2.97. The Morgan fingerprint density at radius 1 is 1.33 bits per heavy atom. The van der Waals surface area contributed by atoms with Crippen LogP contribution in [0.1, 0.15) is 18.9 Å². The van der Waals surface area contributed by atoms with E-state index in [4.69, 9.17) is 16.3 Å². The van der Waals surface area contributed by atoms with Gasteiger partial charge in [-0.2, -0.15) is 0 Å². The zero-order valence-electron chi connectivity index (χ0n) is 16.3. The molecule has 0 aliphatic rings. The first-order valence-electron chi connectivity index (χ1n) is 9.14. The van der Waals surface area contributed by atoms with Crippen molar-refractivity contribution in [3.8, 4) is 11.5 Å². The minimum absolute atomic E-state index is 0.0864. The number of aromatic hydroxyl groups is 1. The number of nitrogens with one attached hydrogen (secondary N) is 1. The van der Waals surface area contributed by atoms with Crippen LogP contribution in [0.4, 0.5) is 5.69 Å². The molecule has 0 saturated carbocycles. The second kappa shape index (κ2) is 10.2. The molecule has 1 aromatic heterocycles. The number of allylic oxidation sites excluding steroid dienone is 1. The molecule has 3 aromatic rings. The number of carbonyl (C=O) groups is 1. The number of benzene rings is 2. The monoisotopic (exact) mass is 444 g/mol. The van der Waals surface area contributed by atoms with Gasteiger partial charge in [0.25, 0.3) is 0 Å². The smallest absolute Gasteiger partial charge is 0.234 e. The number of halogens is 1. The third kappa shape index (κ3) is 5.55. The van der Waals surface area contributed by atoms with Crippen molar-refractivity contribution in [1.82, 2.24) is 14.8 Å². The molecular formula is C21H21ClN4O3S. The third-order valence-electron chi connectivity index (χ3n) is 4.02. The van der Waals surface area contributed by atoms with Gasteiger partial charge in [0.05, 0.1) is 10.8 Å². The second-order valence-corrected chi connectivity index (χ2v) is 7.67. The lowest BCUT2D eigenvalue weighted by Gasteiger charge is -2.16. The summed E-state index contributed by atoms with van der Waals surface area (Å²) in [5.74, 6) is 1.15. The molecule has 1 heterocycles. The highest BCUT2D eigenvalue weighted by atomic mass is 35.5. The Morgan fingerprint density at radius 3 is 2.87 bits per heavy atom. The van der Waals surface area contributed by atoms with Gasteiger partial charge in [0, 0.05) is 18.3 Å². The van der Waals surface area contributed by atoms with Gasteiger partial charge in [-0.3, -0.25) is 9.36 Å². The standard InChI is InChI=1S/C21H21ClN4O3S/c1-3-11-26-20(14(2)29-18-10-5-4-9-17(18)22)24-25-21(26)30-13-19(28)23-15-7-6-8-16(27)12-15/h3-10,12,14,27H,1,11,13H2,2H3,(H,23,28). The maximum absolute atomic E-state index is 12.3. The molecule has 9 heteroatoms. The summed E-state index contributed by atoms with van der Waals surface area (Å²) in [6, 6.07) is 13.6. The molecule has 2 N–H and O–H groups in total. The van der Waals surface area contributed by atoms with Gasteiger partial charge in [-0.15, -0.1) is 16.8 Å². The van der Waals surface area contributed by atoms with E-state index in [0.717, 1.165) is 0 Å². The minimum Gasteiger partial charge on any atom is -0.508 e. The van der Waals surface area contributed by atoms with Gasteiger partial charge >= 0.3 is 0 Å². The van der Waals surface area contributed by atoms with Gasteiger partial charge in [-0.1, -0.05) is 47.6 Å². The normalized spacial score (nSPS) is 11.7. The van der Waals surface area contributed by atoms with Crippen molar-refractivity contribution >= 4 is 35.0 Å². The van der Waals surface area contributed by atoms with E-state index in [-0.39, 0.29) is 17.4 Å². The van der Waals surface area contributed by atoms with Crippen molar-refractivity contribution in [2.24, 2.45) is 0 Å². The highest BCUT2D eigenvalue weighted by Gasteiger charge is 2.20. The summed E-state index contributed by atoms with van der Waals surface area (Å²) in [7, 11) is 0. The average molecular weight is 445 g/mol. The summed E-state index contributed by atoms with van der Waals surface area (Å²) >= 11 is 7.43. The van der Waals surface area contributed by atoms with Crippen LogP contribution in [-0.2, 0) is 11.3 Å². The zero-order valence-corrected chi connectivity index (χ0v) is 17.9. The SMILES string of the molecule is C=CCn1c(SCC(=O)Nc2cccc(O)c2)nnc1C(C)Oc1ccccc1Cl. The summed E-state index contributed by atoms with van der Waals surface area (Å²) in [5.41, 5.74) is 0.524. The number of anilines is 1. The summed E-state index contributed by atoms with van der Waals surface area (Å²) in [4.78, 5) is 12.3. The van der Waals surface area contributed by atoms with Crippen molar-refractivity contribution in [3.63, 3.8) is 0 Å². The van der Waals surface area contributed by atoms with E-state index in [1.165, 1.54) is 23.9 Å². The molecule has 3 rings (SSSR count). The maximum Gasteiger partial charge on any atom is 0.234 e. The highest BCUT2D eigenvalue weighted by molar-refractivity contribution is 7.99. The van der Waals surface area contributed by atoms with E-state index in [1.807, 2.05) is 23.6 Å². The van der Waals surface area contributed by atoms with E-state index in [2.05, 4.69) is 22.1 Å². The van der Waals surface area contributed by atoms with Gasteiger partial charge in [-0.25, -0.2) is 0 Å². The molecule has 2 aromatic carbocycles. The van der Waals surface area contributed by atoms with E-state index < -0.39 is 6.10 Å². The van der Waals surface area contributed by atoms with Crippen molar-refractivity contribution < 1.29 is 14.6 Å². The van der Waals surface area contributed by atoms with Crippen LogP contribution < -0.4 is 10.1 Å². The summed E-state index contributed by atoms with van der Waals surface area (Å²) in [5, 5.41) is 21.8. The number of phenolic OH excluding ortho intramolecular Hbond substituents is 1. The summed E-state index contributed by atoms with van der Waals surface area (Å²) in [6.07, 6.45) is 1.32. The highest BCUT2D eigenvalue weighted by Crippen LogP contribution is 2.29. The number of hydrogen-bond donors (Lipinski definition) is 2. The molecule has 0 spiro atoms. The van der Waals surface area contributed by atoms with E-state index in [9.17, 15) is 9.90 Å². The predicted octanol–water partition coefficient (Wildman–Crippen LogP) is 4.69. The molecule has 1 unspecified atom stereocenters. The van der Waals surface area contributed by atoms with Crippen LogP contribution in [0.5, 0.6) is 11.5 Å². The van der Waals surface area contributed by atoms with Gasteiger partial charge in [-0.05, 0) is 31.2 Å². The number of amides is 1. The quantitative estimate of drug-likeness (QED) is 0.367. The fraction of sp³-hybridized carbons (Fsp3) is 0.190. The molecule has 156 valence electrons. The Balaban J connectivity index is 1.68. The molecule has 1 atom stereocenters. The lowest BCUT2D eigenvalue weighted by Crippen LogP contribution is -2.15. The molecule has 0 aliphatic carbocycles. The third-order valence-corrected chi connectivity index (χ3v) is 5.30. The molecule has 1 amide bonds. The number of aromatic nitrogens is 3. The lowest BCUT2D eigenvalue weighted by atomic mass is 10.3. The first-order chi connectivity index (χ1) is 14.5. The maximum atomic E-state index is 12.3. The number of ether oxygens (including phenoxy) is 1. The molecule has 0 radical (unpaired) electrons. The Labute approximate surface area is 183 Å². The number of nitrogens with zero attached hydrogens (tertiary/aromatic N) is 3. The summed E-state index contributed by atoms with van der Waals surface area (Å²) in [6.45, 7) is 6.11. The van der Waals surface area contributed by atoms with Crippen molar-refractivity contribution in [3.05, 3.63) is 72.0 Å². The van der Waals surface area contributed by atoms with E-state index >= 15 is 0 Å². The second-order valence-electron chi connectivity index (χ2n) is 6.32. The largest absolute Gasteiger partial charge is 0.508 e. The summed E-state index contributed by atoms with van der Waals surface area (Å²) < 4.78 is 7.79. The van der Waals surface area contributed by atoms with Crippen LogP contribution in [0.3, 0.4) is 0 Å². The fourth-order valence-corrected chi connectivity index (χ4v) is 3.64. The first-order valence-corrected chi connectivity index (χ1v) is 10.5. The number of carbonyl (C=O) groups excluding carboxylic acids is 1. The van der Waals surface area contributed by atoms with Crippen molar-refractivity contribution in [1.29, 1.82) is 0 Å². The van der Waals surface area contributed by atoms with E-state index in [1.54, 1.807) is 30.3 Å². The van der Waals surface area contributed by atoms with Crippen molar-refractivity contribution in [2.45, 2.75) is 24.7 Å². The molecule has 7 nitrogen and oxygen atoms in total. The van der Waals surface area contributed by atoms with E-state index in [0.29, 0.717) is 34.0 Å². The van der Waals surface area contributed by atoms with Gasteiger partial charge in [0.1, 0.15) is 11.5 Å². The van der Waals surface area contributed by atoms with Crippen LogP contribution in [-0.4, -0.2) is 31.5 Å². The van der Waals surface area contributed by atoms with Crippen LogP contribution >= 0.6 is 23.4 Å².